The second-order valence-corrected chi connectivity index (χ2v) is 6.87. The summed E-state index contributed by atoms with van der Waals surface area (Å²) in [5.74, 6) is -0.0260. The molecule has 1 saturated heterocycles. The van der Waals surface area contributed by atoms with E-state index in [4.69, 9.17) is 4.74 Å². The lowest BCUT2D eigenvalue weighted by atomic mass is 9.81. The molecule has 106 valence electrons. The average Bonchev–Trinajstić information content (AvgIpc) is 2.12. The SMILES string of the molecule is CCCCCC(=O)OC1CC(C)(C)NC(C)(C)C1. The number of carbonyl (C=O) groups excluding carboxylic acids is 1. The summed E-state index contributed by atoms with van der Waals surface area (Å²) in [5.41, 5.74) is 0.0756. The Balaban J connectivity index is 2.44. The first-order valence-corrected chi connectivity index (χ1v) is 7.23. The Morgan fingerprint density at radius 1 is 1.17 bits per heavy atom. The van der Waals surface area contributed by atoms with Crippen LogP contribution in [0.2, 0.25) is 0 Å². The molecule has 0 aromatic rings. The number of hydrogen-bond acceptors (Lipinski definition) is 3. The van der Waals surface area contributed by atoms with Crippen LogP contribution >= 0.6 is 0 Å². The Bertz CT molecular complexity index is 268. The number of esters is 1. The van der Waals surface area contributed by atoms with Gasteiger partial charge in [0.2, 0.25) is 0 Å². The number of unbranched alkanes of at least 4 members (excludes halogenated alkanes) is 2. The van der Waals surface area contributed by atoms with Gasteiger partial charge in [0.1, 0.15) is 6.10 Å². The number of hydrogen-bond donors (Lipinski definition) is 1. The van der Waals surface area contributed by atoms with Gasteiger partial charge in [-0.1, -0.05) is 19.8 Å². The molecule has 1 aliphatic rings. The van der Waals surface area contributed by atoms with E-state index in [0.29, 0.717) is 6.42 Å². The van der Waals surface area contributed by atoms with E-state index in [1.807, 2.05) is 0 Å². The van der Waals surface area contributed by atoms with Crippen molar-refractivity contribution in [1.29, 1.82) is 0 Å². The molecule has 0 atom stereocenters. The Hall–Kier alpha value is -0.570. The topological polar surface area (TPSA) is 38.3 Å². The molecular weight excluding hydrogens is 226 g/mol. The van der Waals surface area contributed by atoms with E-state index in [0.717, 1.165) is 32.1 Å². The Kier molecular flexibility index (Phi) is 5.20. The van der Waals surface area contributed by atoms with Crippen molar-refractivity contribution in [2.45, 2.75) is 90.3 Å². The number of nitrogens with one attached hydrogen (secondary N) is 1. The van der Waals surface area contributed by atoms with Gasteiger partial charge in [0.05, 0.1) is 0 Å². The van der Waals surface area contributed by atoms with Crippen LogP contribution in [-0.4, -0.2) is 23.2 Å². The average molecular weight is 255 g/mol. The molecule has 0 spiro atoms. The van der Waals surface area contributed by atoms with Gasteiger partial charge in [-0.15, -0.1) is 0 Å². The summed E-state index contributed by atoms with van der Waals surface area (Å²) < 4.78 is 5.63. The van der Waals surface area contributed by atoms with E-state index in [-0.39, 0.29) is 23.2 Å². The molecule has 0 saturated carbocycles. The van der Waals surface area contributed by atoms with Crippen LogP contribution in [0.25, 0.3) is 0 Å². The lowest BCUT2D eigenvalue weighted by molar-refractivity contribution is -0.153. The first-order valence-electron chi connectivity index (χ1n) is 7.23. The Morgan fingerprint density at radius 2 is 1.72 bits per heavy atom. The van der Waals surface area contributed by atoms with Gasteiger partial charge in [-0.3, -0.25) is 4.79 Å². The van der Waals surface area contributed by atoms with Gasteiger partial charge in [0.15, 0.2) is 0 Å². The molecule has 0 aromatic carbocycles. The lowest BCUT2D eigenvalue weighted by Crippen LogP contribution is -2.59. The van der Waals surface area contributed by atoms with Crippen LogP contribution in [0.15, 0.2) is 0 Å². The van der Waals surface area contributed by atoms with E-state index in [2.05, 4.69) is 39.9 Å². The predicted octanol–water partition coefficient (Wildman–Crippen LogP) is 3.42. The van der Waals surface area contributed by atoms with Crippen molar-refractivity contribution in [3.63, 3.8) is 0 Å². The van der Waals surface area contributed by atoms with Gasteiger partial charge in [-0.2, -0.15) is 0 Å². The summed E-state index contributed by atoms with van der Waals surface area (Å²) in [6.45, 7) is 10.8. The maximum atomic E-state index is 11.8. The lowest BCUT2D eigenvalue weighted by Gasteiger charge is -2.45. The highest BCUT2D eigenvalue weighted by molar-refractivity contribution is 5.69. The summed E-state index contributed by atoms with van der Waals surface area (Å²) in [7, 11) is 0. The van der Waals surface area contributed by atoms with Crippen molar-refractivity contribution in [3.8, 4) is 0 Å². The summed E-state index contributed by atoms with van der Waals surface area (Å²) >= 11 is 0. The fourth-order valence-corrected chi connectivity index (χ4v) is 3.08. The van der Waals surface area contributed by atoms with Gasteiger partial charge >= 0.3 is 5.97 Å². The van der Waals surface area contributed by atoms with Crippen LogP contribution in [0.4, 0.5) is 0 Å². The molecule has 3 heteroatoms. The molecule has 0 amide bonds. The summed E-state index contributed by atoms with van der Waals surface area (Å²) in [6, 6.07) is 0. The fraction of sp³-hybridized carbons (Fsp3) is 0.933. The molecule has 0 bridgehead atoms. The molecule has 0 aromatic heterocycles. The standard InChI is InChI=1S/C15H29NO2/c1-6-7-8-9-13(17)18-12-10-14(2,3)16-15(4,5)11-12/h12,16H,6-11H2,1-5H3. The minimum Gasteiger partial charge on any atom is -0.462 e. The van der Waals surface area contributed by atoms with Crippen LogP contribution in [0.5, 0.6) is 0 Å². The van der Waals surface area contributed by atoms with E-state index < -0.39 is 0 Å². The zero-order valence-corrected chi connectivity index (χ0v) is 12.6. The normalized spacial score (nSPS) is 22.7. The zero-order valence-electron chi connectivity index (χ0n) is 12.6. The van der Waals surface area contributed by atoms with Crippen LogP contribution < -0.4 is 5.32 Å². The van der Waals surface area contributed by atoms with Crippen LogP contribution in [-0.2, 0) is 9.53 Å². The smallest absolute Gasteiger partial charge is 0.306 e. The minimum absolute atomic E-state index is 0.0260. The highest BCUT2D eigenvalue weighted by Gasteiger charge is 2.39. The molecule has 1 rings (SSSR count). The molecule has 1 fully saturated rings. The van der Waals surface area contributed by atoms with Crippen molar-refractivity contribution >= 4 is 5.97 Å². The van der Waals surface area contributed by atoms with Crippen LogP contribution in [0, 0.1) is 0 Å². The molecule has 1 N–H and O–H groups in total. The monoisotopic (exact) mass is 255 g/mol. The van der Waals surface area contributed by atoms with Gasteiger partial charge in [0, 0.05) is 30.3 Å². The van der Waals surface area contributed by atoms with Gasteiger partial charge in [-0.05, 0) is 34.1 Å². The number of carbonyl (C=O) groups is 1. The fourth-order valence-electron chi connectivity index (χ4n) is 3.08. The van der Waals surface area contributed by atoms with E-state index in [1.54, 1.807) is 0 Å². The van der Waals surface area contributed by atoms with Gasteiger partial charge < -0.3 is 10.1 Å². The molecule has 0 unspecified atom stereocenters. The highest BCUT2D eigenvalue weighted by atomic mass is 16.5. The third-order valence-corrected chi connectivity index (χ3v) is 3.44. The molecule has 1 aliphatic heterocycles. The quantitative estimate of drug-likeness (QED) is 0.604. The minimum atomic E-state index is -0.0260. The maximum Gasteiger partial charge on any atom is 0.306 e. The number of rotatable bonds is 5. The molecule has 1 heterocycles. The number of ether oxygens (including phenoxy) is 1. The molecule has 3 nitrogen and oxygen atoms in total. The summed E-state index contributed by atoms with van der Waals surface area (Å²) in [4.78, 5) is 11.8. The first-order chi connectivity index (χ1) is 8.24. The molecule has 18 heavy (non-hydrogen) atoms. The van der Waals surface area contributed by atoms with E-state index in [9.17, 15) is 4.79 Å². The van der Waals surface area contributed by atoms with Crippen LogP contribution in [0.1, 0.15) is 73.1 Å². The number of piperidine rings is 1. The highest BCUT2D eigenvalue weighted by Crippen LogP contribution is 2.30. The third kappa shape index (κ3) is 5.38. The molecule has 0 aliphatic carbocycles. The predicted molar refractivity (Wildman–Crippen MR) is 74.5 cm³/mol. The summed E-state index contributed by atoms with van der Waals surface area (Å²) in [5, 5.41) is 3.60. The second kappa shape index (κ2) is 6.05. The maximum absolute atomic E-state index is 11.8. The van der Waals surface area contributed by atoms with Gasteiger partial charge in [-0.25, -0.2) is 0 Å². The van der Waals surface area contributed by atoms with Crippen LogP contribution in [0.3, 0.4) is 0 Å². The molecular formula is C15H29NO2. The largest absolute Gasteiger partial charge is 0.462 e. The zero-order chi connectivity index (χ0) is 13.8. The Morgan fingerprint density at radius 3 is 2.22 bits per heavy atom. The van der Waals surface area contributed by atoms with E-state index >= 15 is 0 Å². The van der Waals surface area contributed by atoms with Crippen molar-refractivity contribution in [2.24, 2.45) is 0 Å². The van der Waals surface area contributed by atoms with Crippen molar-refractivity contribution in [1.82, 2.24) is 5.32 Å². The molecule has 0 radical (unpaired) electrons. The summed E-state index contributed by atoms with van der Waals surface area (Å²) in [6.07, 6.45) is 5.63. The van der Waals surface area contributed by atoms with Crippen molar-refractivity contribution < 1.29 is 9.53 Å². The Labute approximate surface area is 112 Å². The first kappa shape index (κ1) is 15.5. The van der Waals surface area contributed by atoms with Gasteiger partial charge in [0.25, 0.3) is 0 Å². The third-order valence-electron chi connectivity index (χ3n) is 3.44. The van der Waals surface area contributed by atoms with E-state index in [1.165, 1.54) is 0 Å². The van der Waals surface area contributed by atoms with Crippen molar-refractivity contribution in [2.75, 3.05) is 0 Å². The second-order valence-electron chi connectivity index (χ2n) is 6.87. The van der Waals surface area contributed by atoms with Crippen molar-refractivity contribution in [3.05, 3.63) is 0 Å².